The predicted octanol–water partition coefficient (Wildman–Crippen LogP) is 3.54. The highest BCUT2D eigenvalue weighted by atomic mass is 35.5. The number of alkyl halides is 2. The van der Waals surface area contributed by atoms with Gasteiger partial charge < -0.3 is 14.4 Å². The molecule has 7 heteroatoms. The molecule has 154 valence electrons. The molecular formula is C21H28Cl2N2O3. The third-order valence-electron chi connectivity index (χ3n) is 6.43. The summed E-state index contributed by atoms with van der Waals surface area (Å²) in [6, 6.07) is 9.36. The minimum absolute atomic E-state index is 0.0320. The Morgan fingerprint density at radius 3 is 2.46 bits per heavy atom. The summed E-state index contributed by atoms with van der Waals surface area (Å²) >= 11 is 13.1. The van der Waals surface area contributed by atoms with Gasteiger partial charge in [0.15, 0.2) is 5.79 Å². The molecule has 1 aliphatic carbocycles. The molecule has 2 heterocycles. The van der Waals surface area contributed by atoms with E-state index in [1.54, 1.807) is 17.0 Å². The van der Waals surface area contributed by atoms with Crippen molar-refractivity contribution in [3.05, 3.63) is 35.9 Å². The summed E-state index contributed by atoms with van der Waals surface area (Å²) in [4.78, 5) is 17.6. The van der Waals surface area contributed by atoms with Gasteiger partial charge in [0.1, 0.15) is 0 Å². The van der Waals surface area contributed by atoms with Gasteiger partial charge in [0.2, 0.25) is 4.33 Å². The molecule has 3 fully saturated rings. The Labute approximate surface area is 176 Å². The van der Waals surface area contributed by atoms with Crippen molar-refractivity contribution in [3.8, 4) is 0 Å². The Hall–Kier alpha value is -0.850. The Bertz CT molecular complexity index is 688. The van der Waals surface area contributed by atoms with E-state index < -0.39 is 10.1 Å². The van der Waals surface area contributed by atoms with Crippen LogP contribution in [0.5, 0.6) is 0 Å². The second kappa shape index (κ2) is 8.11. The number of benzene rings is 1. The Morgan fingerprint density at radius 2 is 1.82 bits per heavy atom. The monoisotopic (exact) mass is 426 g/mol. The fourth-order valence-corrected chi connectivity index (χ4v) is 5.44. The summed E-state index contributed by atoms with van der Waals surface area (Å²) in [5.41, 5.74) is 0.600. The fraction of sp³-hybridized carbons (Fsp3) is 0.667. The average molecular weight is 427 g/mol. The first kappa shape index (κ1) is 20.4. The van der Waals surface area contributed by atoms with Crippen molar-refractivity contribution in [2.24, 2.45) is 0 Å². The van der Waals surface area contributed by atoms with E-state index >= 15 is 0 Å². The molecule has 0 N–H and O–H groups in total. The van der Waals surface area contributed by atoms with E-state index in [0.717, 1.165) is 32.4 Å². The first-order valence-corrected chi connectivity index (χ1v) is 10.9. The topological polar surface area (TPSA) is 42.0 Å². The number of amides is 1. The van der Waals surface area contributed by atoms with Gasteiger partial charge in [0.25, 0.3) is 5.91 Å². The highest BCUT2D eigenvalue weighted by Gasteiger charge is 2.50. The molecule has 28 heavy (non-hydrogen) atoms. The normalized spacial score (nSPS) is 28.0. The summed E-state index contributed by atoms with van der Waals surface area (Å²) in [5.74, 6) is -0.771. The van der Waals surface area contributed by atoms with Gasteiger partial charge in [0, 0.05) is 32.0 Å². The van der Waals surface area contributed by atoms with Crippen LogP contribution >= 0.6 is 23.2 Å². The maximum Gasteiger partial charge on any atom is 0.263 e. The van der Waals surface area contributed by atoms with Crippen molar-refractivity contribution in [2.45, 2.75) is 54.3 Å². The lowest BCUT2D eigenvalue weighted by Gasteiger charge is -2.48. The Balaban J connectivity index is 1.56. The molecule has 5 nitrogen and oxygen atoms in total. The van der Waals surface area contributed by atoms with Crippen LogP contribution in [0, 0.1) is 0 Å². The number of likely N-dealkylation sites (tertiary alicyclic amines) is 1. The second-order valence-electron chi connectivity index (χ2n) is 8.08. The van der Waals surface area contributed by atoms with Gasteiger partial charge in [0.05, 0.1) is 13.2 Å². The highest BCUT2D eigenvalue weighted by molar-refractivity contribution is 6.57. The molecule has 2 unspecified atom stereocenters. The zero-order chi connectivity index (χ0) is 19.8. The van der Waals surface area contributed by atoms with Crippen molar-refractivity contribution in [3.63, 3.8) is 0 Å². The van der Waals surface area contributed by atoms with E-state index in [-0.39, 0.29) is 18.0 Å². The van der Waals surface area contributed by atoms with Gasteiger partial charge >= 0.3 is 0 Å². The largest absolute Gasteiger partial charge is 0.347 e. The Kier molecular flexibility index (Phi) is 5.92. The number of nitrogens with zero attached hydrogens (tertiary/aromatic N) is 2. The number of carbonyl (C=O) groups is 1. The number of ether oxygens (including phenoxy) is 2. The first-order valence-electron chi connectivity index (χ1n) is 10.2. The molecule has 1 spiro atoms. The number of hydrogen-bond donors (Lipinski definition) is 0. The van der Waals surface area contributed by atoms with Gasteiger partial charge in [-0.2, -0.15) is 0 Å². The van der Waals surface area contributed by atoms with Gasteiger partial charge in [-0.15, -0.1) is 0 Å². The van der Waals surface area contributed by atoms with Crippen LogP contribution < -0.4 is 0 Å². The summed E-state index contributed by atoms with van der Waals surface area (Å²) in [6.45, 7) is 3.38. The number of halogens is 2. The summed E-state index contributed by atoms with van der Waals surface area (Å²) < 4.78 is 10.4. The summed E-state index contributed by atoms with van der Waals surface area (Å²) in [5, 5.41) is 0. The van der Waals surface area contributed by atoms with Crippen LogP contribution in [0.1, 0.15) is 37.7 Å². The molecule has 2 saturated heterocycles. The second-order valence-corrected chi connectivity index (χ2v) is 9.41. The van der Waals surface area contributed by atoms with E-state index in [1.165, 1.54) is 12.8 Å². The minimum atomic E-state index is -1.60. The molecule has 1 aromatic rings. The van der Waals surface area contributed by atoms with Crippen molar-refractivity contribution >= 4 is 29.1 Å². The van der Waals surface area contributed by atoms with E-state index in [0.29, 0.717) is 18.8 Å². The molecule has 0 aromatic heterocycles. The third kappa shape index (κ3) is 3.80. The number of carbonyl (C=O) groups excluding carboxylic acids is 1. The third-order valence-corrected chi connectivity index (χ3v) is 7.19. The maximum atomic E-state index is 13.3. The predicted molar refractivity (Wildman–Crippen MR) is 109 cm³/mol. The fourth-order valence-electron chi connectivity index (χ4n) is 4.92. The van der Waals surface area contributed by atoms with Crippen LogP contribution in [0.4, 0.5) is 0 Å². The first-order chi connectivity index (χ1) is 13.4. The summed E-state index contributed by atoms with van der Waals surface area (Å²) in [6.07, 6.45) is 4.74. The highest BCUT2D eigenvalue weighted by Crippen LogP contribution is 2.42. The SMILES string of the molecule is CN(C(=O)C(Cl)(Cl)c1ccccc1)C1CCC2(CC1N1CCCC1)OCCO2. The number of rotatable bonds is 4. The van der Waals surface area contributed by atoms with E-state index in [4.69, 9.17) is 32.7 Å². The molecule has 0 bridgehead atoms. The van der Waals surface area contributed by atoms with Crippen LogP contribution in [0.3, 0.4) is 0 Å². The van der Waals surface area contributed by atoms with Crippen LogP contribution in [0.2, 0.25) is 0 Å². The quantitative estimate of drug-likeness (QED) is 0.690. The van der Waals surface area contributed by atoms with Gasteiger partial charge in [-0.25, -0.2) is 0 Å². The van der Waals surface area contributed by atoms with E-state index in [2.05, 4.69) is 4.90 Å². The zero-order valence-electron chi connectivity index (χ0n) is 16.3. The molecule has 1 amide bonds. The lowest BCUT2D eigenvalue weighted by Crippen LogP contribution is -2.59. The molecule has 1 aromatic carbocycles. The van der Waals surface area contributed by atoms with Gasteiger partial charge in [-0.05, 0) is 37.9 Å². The molecule has 4 rings (SSSR count). The van der Waals surface area contributed by atoms with Crippen LogP contribution in [-0.2, 0) is 18.6 Å². The van der Waals surface area contributed by atoms with Crippen molar-refractivity contribution in [2.75, 3.05) is 33.4 Å². The molecular weight excluding hydrogens is 399 g/mol. The van der Waals surface area contributed by atoms with Crippen molar-refractivity contribution < 1.29 is 14.3 Å². The van der Waals surface area contributed by atoms with Crippen LogP contribution in [0.25, 0.3) is 0 Å². The lowest BCUT2D eigenvalue weighted by atomic mass is 9.83. The van der Waals surface area contributed by atoms with E-state index in [1.807, 2.05) is 25.2 Å². The summed E-state index contributed by atoms with van der Waals surface area (Å²) in [7, 11) is 1.83. The minimum Gasteiger partial charge on any atom is -0.347 e. The average Bonchev–Trinajstić information content (AvgIpc) is 3.40. The lowest BCUT2D eigenvalue weighted by molar-refractivity contribution is -0.199. The van der Waals surface area contributed by atoms with E-state index in [9.17, 15) is 4.79 Å². The Morgan fingerprint density at radius 1 is 1.18 bits per heavy atom. The number of hydrogen-bond acceptors (Lipinski definition) is 4. The zero-order valence-corrected chi connectivity index (χ0v) is 17.8. The maximum absolute atomic E-state index is 13.3. The van der Waals surface area contributed by atoms with Gasteiger partial charge in [-0.3, -0.25) is 9.69 Å². The molecule has 1 saturated carbocycles. The molecule has 0 radical (unpaired) electrons. The van der Waals surface area contributed by atoms with Crippen molar-refractivity contribution in [1.82, 2.24) is 9.80 Å². The molecule has 3 aliphatic rings. The van der Waals surface area contributed by atoms with Crippen LogP contribution in [-0.4, -0.2) is 66.9 Å². The standard InChI is InChI=1S/C21H28Cl2N2O3/c1-24(19(26)21(22,23)16-7-3-2-4-8-16)17-9-10-20(27-13-14-28-20)15-18(17)25-11-5-6-12-25/h2-4,7-8,17-18H,5-6,9-15H2,1H3. The van der Waals surface area contributed by atoms with Crippen LogP contribution in [0.15, 0.2) is 30.3 Å². The molecule has 2 atom stereocenters. The smallest absolute Gasteiger partial charge is 0.263 e. The number of likely N-dealkylation sites (N-methyl/N-ethyl adjacent to an activating group) is 1. The molecule has 2 aliphatic heterocycles. The van der Waals surface area contributed by atoms with Crippen molar-refractivity contribution in [1.29, 1.82) is 0 Å². The van der Waals surface area contributed by atoms with Gasteiger partial charge in [-0.1, -0.05) is 53.5 Å².